The zero-order chi connectivity index (χ0) is 14.1. The molecule has 0 aliphatic heterocycles. The van der Waals surface area contributed by atoms with Crippen LogP contribution < -0.4 is 5.32 Å². The van der Waals surface area contributed by atoms with Crippen molar-refractivity contribution in [1.29, 1.82) is 0 Å². The van der Waals surface area contributed by atoms with Crippen LogP contribution >= 0.6 is 11.3 Å². The van der Waals surface area contributed by atoms with Gasteiger partial charge in [-0.3, -0.25) is 0 Å². The fraction of sp³-hybridized carbons (Fsp3) is 0.375. The van der Waals surface area contributed by atoms with Crippen LogP contribution in [0.15, 0.2) is 24.3 Å². The molecule has 2 aromatic rings. The lowest BCUT2D eigenvalue weighted by atomic mass is 10.0. The fourth-order valence-corrected chi connectivity index (χ4v) is 4.14. The molecule has 0 bridgehead atoms. The largest absolute Gasteiger partial charge is 0.312 e. The standard InChI is InChI=1S/C16H17F2NS/c1-19-14(8-10-5-6-12(17)13(18)7-10)16-9-11-3-2-4-15(11)20-16/h5-7,9,14,19H,2-4,8H2,1H3. The molecule has 20 heavy (non-hydrogen) atoms. The molecule has 1 aromatic heterocycles. The number of hydrogen-bond acceptors (Lipinski definition) is 2. The van der Waals surface area contributed by atoms with E-state index in [1.54, 1.807) is 6.07 Å². The van der Waals surface area contributed by atoms with E-state index in [4.69, 9.17) is 0 Å². The summed E-state index contributed by atoms with van der Waals surface area (Å²) in [6.45, 7) is 0. The summed E-state index contributed by atoms with van der Waals surface area (Å²) in [5, 5.41) is 3.28. The summed E-state index contributed by atoms with van der Waals surface area (Å²) in [7, 11) is 1.91. The van der Waals surface area contributed by atoms with Gasteiger partial charge in [-0.2, -0.15) is 0 Å². The van der Waals surface area contributed by atoms with Crippen LogP contribution in [-0.2, 0) is 19.3 Å². The average Bonchev–Trinajstić information content (AvgIpc) is 3.01. The number of hydrogen-bond donors (Lipinski definition) is 1. The molecular formula is C16H17F2NS. The molecule has 4 heteroatoms. The van der Waals surface area contributed by atoms with E-state index in [9.17, 15) is 8.78 Å². The highest BCUT2D eigenvalue weighted by molar-refractivity contribution is 7.12. The van der Waals surface area contributed by atoms with Gasteiger partial charge in [0.1, 0.15) is 0 Å². The van der Waals surface area contributed by atoms with Crippen molar-refractivity contribution in [3.63, 3.8) is 0 Å². The number of benzene rings is 1. The van der Waals surface area contributed by atoms with Gasteiger partial charge in [-0.1, -0.05) is 6.07 Å². The van der Waals surface area contributed by atoms with E-state index in [2.05, 4.69) is 11.4 Å². The Morgan fingerprint density at radius 1 is 1.20 bits per heavy atom. The molecule has 0 amide bonds. The second kappa shape index (κ2) is 5.62. The molecule has 1 atom stereocenters. The summed E-state index contributed by atoms with van der Waals surface area (Å²) in [5.74, 6) is -1.56. The fourth-order valence-electron chi connectivity index (χ4n) is 2.77. The number of thiophene rings is 1. The molecule has 1 aliphatic rings. The summed E-state index contributed by atoms with van der Waals surface area (Å²) in [6, 6.07) is 6.58. The maximum atomic E-state index is 13.3. The van der Waals surface area contributed by atoms with Gasteiger partial charge < -0.3 is 5.32 Å². The number of nitrogens with one attached hydrogen (secondary N) is 1. The first-order chi connectivity index (χ1) is 9.67. The molecule has 1 aromatic carbocycles. The Kier molecular flexibility index (Phi) is 3.85. The zero-order valence-corrected chi connectivity index (χ0v) is 12.2. The minimum Gasteiger partial charge on any atom is -0.312 e. The Morgan fingerprint density at radius 3 is 2.75 bits per heavy atom. The summed E-state index contributed by atoms with van der Waals surface area (Å²) >= 11 is 1.85. The zero-order valence-electron chi connectivity index (χ0n) is 11.4. The molecule has 0 fully saturated rings. The maximum Gasteiger partial charge on any atom is 0.159 e. The van der Waals surface area contributed by atoms with Crippen LogP contribution in [0.2, 0.25) is 0 Å². The third-order valence-corrected chi connectivity index (χ3v) is 5.23. The van der Waals surface area contributed by atoms with Crippen molar-refractivity contribution in [2.45, 2.75) is 31.7 Å². The lowest BCUT2D eigenvalue weighted by Gasteiger charge is -2.15. The van der Waals surface area contributed by atoms with Crippen LogP contribution in [0, 0.1) is 11.6 Å². The van der Waals surface area contributed by atoms with Gasteiger partial charge >= 0.3 is 0 Å². The highest BCUT2D eigenvalue weighted by Gasteiger charge is 2.19. The van der Waals surface area contributed by atoms with Gasteiger partial charge in [0.15, 0.2) is 11.6 Å². The molecule has 1 nitrogen and oxygen atoms in total. The van der Waals surface area contributed by atoms with E-state index >= 15 is 0 Å². The Labute approximate surface area is 121 Å². The first-order valence-electron chi connectivity index (χ1n) is 6.90. The summed E-state index contributed by atoms with van der Waals surface area (Å²) in [6.07, 6.45) is 4.29. The van der Waals surface area contributed by atoms with E-state index < -0.39 is 11.6 Å². The average molecular weight is 293 g/mol. The second-order valence-corrected chi connectivity index (χ2v) is 6.41. The smallest absolute Gasteiger partial charge is 0.159 e. The minimum atomic E-state index is -0.787. The van der Waals surface area contributed by atoms with Crippen molar-refractivity contribution in [3.8, 4) is 0 Å². The maximum absolute atomic E-state index is 13.3. The summed E-state index contributed by atoms with van der Waals surface area (Å²) < 4.78 is 26.2. The third kappa shape index (κ3) is 2.63. The van der Waals surface area contributed by atoms with Crippen molar-refractivity contribution in [3.05, 3.63) is 56.8 Å². The first kappa shape index (κ1) is 13.7. The number of fused-ring (bicyclic) bond motifs is 1. The number of halogens is 2. The molecule has 1 unspecified atom stereocenters. The lowest BCUT2D eigenvalue weighted by molar-refractivity contribution is 0.505. The molecule has 106 valence electrons. The monoisotopic (exact) mass is 293 g/mol. The van der Waals surface area contributed by atoms with Crippen LogP contribution in [0.3, 0.4) is 0 Å². The van der Waals surface area contributed by atoms with E-state index in [0.29, 0.717) is 6.42 Å². The van der Waals surface area contributed by atoms with Gasteiger partial charge in [0.25, 0.3) is 0 Å². The summed E-state index contributed by atoms with van der Waals surface area (Å²) in [5.41, 5.74) is 2.28. The van der Waals surface area contributed by atoms with Crippen LogP contribution in [-0.4, -0.2) is 7.05 Å². The lowest BCUT2D eigenvalue weighted by Crippen LogP contribution is -2.17. The van der Waals surface area contributed by atoms with Crippen LogP contribution in [0.1, 0.15) is 33.3 Å². The first-order valence-corrected chi connectivity index (χ1v) is 7.71. The van der Waals surface area contributed by atoms with Crippen LogP contribution in [0.25, 0.3) is 0 Å². The Bertz CT molecular complexity index is 599. The number of likely N-dealkylation sites (N-methyl/N-ethyl adjacent to an activating group) is 1. The van der Waals surface area contributed by atoms with Crippen LogP contribution in [0.5, 0.6) is 0 Å². The van der Waals surface area contributed by atoms with Crippen molar-refractivity contribution in [2.24, 2.45) is 0 Å². The van der Waals surface area contributed by atoms with Crippen molar-refractivity contribution < 1.29 is 8.78 Å². The quantitative estimate of drug-likeness (QED) is 0.898. The topological polar surface area (TPSA) is 12.0 Å². The highest BCUT2D eigenvalue weighted by Crippen LogP contribution is 2.34. The van der Waals surface area contributed by atoms with Gasteiger partial charge in [0, 0.05) is 15.8 Å². The van der Waals surface area contributed by atoms with E-state index in [1.807, 2.05) is 18.4 Å². The molecule has 0 saturated heterocycles. The second-order valence-electron chi connectivity index (χ2n) is 5.24. The van der Waals surface area contributed by atoms with Gasteiger partial charge in [0.2, 0.25) is 0 Å². The van der Waals surface area contributed by atoms with E-state index in [0.717, 1.165) is 5.56 Å². The number of rotatable bonds is 4. The van der Waals surface area contributed by atoms with Gasteiger partial charge in [-0.05, 0) is 62.1 Å². The molecule has 1 heterocycles. The molecule has 0 spiro atoms. The molecule has 3 rings (SSSR count). The highest BCUT2D eigenvalue weighted by atomic mass is 32.1. The molecule has 1 aliphatic carbocycles. The van der Waals surface area contributed by atoms with Gasteiger partial charge in [-0.15, -0.1) is 11.3 Å². The molecular weight excluding hydrogens is 276 g/mol. The van der Waals surface area contributed by atoms with Crippen molar-refractivity contribution in [1.82, 2.24) is 5.32 Å². The van der Waals surface area contributed by atoms with Gasteiger partial charge in [0.05, 0.1) is 0 Å². The van der Waals surface area contributed by atoms with Crippen LogP contribution in [0.4, 0.5) is 8.78 Å². The van der Waals surface area contributed by atoms with Crippen molar-refractivity contribution >= 4 is 11.3 Å². The predicted octanol–water partition coefficient (Wildman–Crippen LogP) is 4.02. The summed E-state index contributed by atoms with van der Waals surface area (Å²) in [4.78, 5) is 2.78. The third-order valence-electron chi connectivity index (χ3n) is 3.88. The molecule has 0 saturated carbocycles. The minimum absolute atomic E-state index is 0.162. The van der Waals surface area contributed by atoms with E-state index in [-0.39, 0.29) is 6.04 Å². The Balaban J connectivity index is 1.80. The van der Waals surface area contributed by atoms with Crippen molar-refractivity contribution in [2.75, 3.05) is 7.05 Å². The Morgan fingerprint density at radius 2 is 2.05 bits per heavy atom. The molecule has 0 radical (unpaired) electrons. The normalized spacial score (nSPS) is 15.3. The van der Waals surface area contributed by atoms with Gasteiger partial charge in [-0.25, -0.2) is 8.78 Å². The SMILES string of the molecule is CNC(Cc1ccc(F)c(F)c1)c1cc2c(s1)CCC2. The number of aryl methyl sites for hydroxylation is 2. The Hall–Kier alpha value is -1.26. The predicted molar refractivity (Wildman–Crippen MR) is 78.2 cm³/mol. The van der Waals surface area contributed by atoms with E-state index in [1.165, 1.54) is 46.7 Å². The molecule has 1 N–H and O–H groups in total.